The largest absolute Gasteiger partial charge is 0.496 e. The number of halogens is 1. The molecule has 1 aromatic carbocycles. The lowest BCUT2D eigenvalue weighted by molar-refractivity contribution is -0.140. The molecule has 1 amide bonds. The molecule has 1 aliphatic carbocycles. The Morgan fingerprint density at radius 2 is 2.15 bits per heavy atom. The maximum absolute atomic E-state index is 11.9. The van der Waals surface area contributed by atoms with Gasteiger partial charge in [0.15, 0.2) is 0 Å². The van der Waals surface area contributed by atoms with Crippen LogP contribution in [0.3, 0.4) is 0 Å². The van der Waals surface area contributed by atoms with Gasteiger partial charge in [-0.25, -0.2) is 0 Å². The van der Waals surface area contributed by atoms with Crippen LogP contribution in [-0.2, 0) is 9.59 Å². The highest BCUT2D eigenvalue weighted by Gasteiger charge is 2.48. The van der Waals surface area contributed by atoms with Gasteiger partial charge in [-0.1, -0.05) is 6.07 Å². The molecule has 1 fully saturated rings. The van der Waals surface area contributed by atoms with Gasteiger partial charge in [0.1, 0.15) is 5.75 Å². The fourth-order valence-corrected chi connectivity index (χ4v) is 2.67. The molecule has 0 spiro atoms. The minimum atomic E-state index is -0.898. The van der Waals surface area contributed by atoms with Crippen LogP contribution in [0.5, 0.6) is 5.75 Å². The van der Waals surface area contributed by atoms with Gasteiger partial charge in [-0.3, -0.25) is 9.59 Å². The summed E-state index contributed by atoms with van der Waals surface area (Å²) in [5.41, 5.74) is 0.929. The van der Waals surface area contributed by atoms with E-state index < -0.39 is 17.8 Å². The number of carboxylic acid groups (broad SMARTS) is 1. The van der Waals surface area contributed by atoms with Crippen LogP contribution in [-0.4, -0.2) is 24.1 Å². The fraction of sp³-hybridized carbons (Fsp3) is 0.429. The average molecular weight is 342 g/mol. The van der Waals surface area contributed by atoms with Gasteiger partial charge in [-0.15, -0.1) is 0 Å². The lowest BCUT2D eigenvalue weighted by atomic mass is 10.1. The van der Waals surface area contributed by atoms with Crippen molar-refractivity contribution in [2.75, 3.05) is 7.11 Å². The van der Waals surface area contributed by atoms with Crippen LogP contribution in [0, 0.1) is 11.8 Å². The smallest absolute Gasteiger partial charge is 0.307 e. The quantitative estimate of drug-likeness (QED) is 0.861. The standard InChI is InChI=1S/C14H16BrNO4/c1-7(8-3-4-12(20-2)11(15)5-8)16-13(17)9-6-10(9)14(18)19/h3-5,7,9-10H,6H2,1-2H3,(H,16,17)(H,18,19)/t7-,9+,10-/m0/s1. The minimum Gasteiger partial charge on any atom is -0.496 e. The Labute approximate surface area is 125 Å². The number of aliphatic carboxylic acids is 1. The van der Waals surface area contributed by atoms with Gasteiger partial charge in [-0.2, -0.15) is 0 Å². The van der Waals surface area contributed by atoms with Crippen LogP contribution in [0.25, 0.3) is 0 Å². The van der Waals surface area contributed by atoms with Crippen molar-refractivity contribution in [3.8, 4) is 5.75 Å². The van der Waals surface area contributed by atoms with Crippen molar-refractivity contribution in [2.45, 2.75) is 19.4 Å². The maximum atomic E-state index is 11.9. The van der Waals surface area contributed by atoms with Gasteiger partial charge in [0.05, 0.1) is 29.5 Å². The first-order chi connectivity index (χ1) is 9.43. The number of carbonyl (C=O) groups is 2. The molecule has 0 bridgehead atoms. The summed E-state index contributed by atoms with van der Waals surface area (Å²) in [7, 11) is 1.59. The van der Waals surface area contributed by atoms with E-state index in [0.717, 1.165) is 15.8 Å². The summed E-state index contributed by atoms with van der Waals surface area (Å²) >= 11 is 3.40. The number of ether oxygens (including phenoxy) is 1. The third-order valence-corrected chi connectivity index (χ3v) is 4.10. The van der Waals surface area contributed by atoms with E-state index in [1.54, 1.807) is 7.11 Å². The number of benzene rings is 1. The molecule has 0 radical (unpaired) electrons. The van der Waals surface area contributed by atoms with Gasteiger partial charge >= 0.3 is 5.97 Å². The molecule has 1 aromatic rings. The van der Waals surface area contributed by atoms with E-state index in [1.807, 2.05) is 25.1 Å². The van der Waals surface area contributed by atoms with Crippen molar-refractivity contribution in [2.24, 2.45) is 11.8 Å². The highest BCUT2D eigenvalue weighted by atomic mass is 79.9. The highest BCUT2D eigenvalue weighted by molar-refractivity contribution is 9.10. The number of carbonyl (C=O) groups excluding carboxylic acids is 1. The molecule has 1 aliphatic rings. The molecule has 20 heavy (non-hydrogen) atoms. The number of amides is 1. The zero-order chi connectivity index (χ0) is 14.9. The highest BCUT2D eigenvalue weighted by Crippen LogP contribution is 2.39. The van der Waals surface area contributed by atoms with Crippen LogP contribution in [0.15, 0.2) is 22.7 Å². The van der Waals surface area contributed by atoms with Crippen LogP contribution in [0.4, 0.5) is 0 Å². The number of rotatable bonds is 5. The van der Waals surface area contributed by atoms with Gasteiger partial charge in [0.2, 0.25) is 5.91 Å². The van der Waals surface area contributed by atoms with Crippen molar-refractivity contribution in [1.82, 2.24) is 5.32 Å². The SMILES string of the molecule is COc1ccc([C@H](C)NC(=O)[C@@H]2C[C@@H]2C(=O)O)cc1Br. The van der Waals surface area contributed by atoms with E-state index in [-0.39, 0.29) is 11.9 Å². The van der Waals surface area contributed by atoms with Gasteiger partial charge in [0.25, 0.3) is 0 Å². The van der Waals surface area contributed by atoms with Crippen molar-refractivity contribution in [3.63, 3.8) is 0 Å². The average Bonchev–Trinajstić information content (AvgIpc) is 3.18. The summed E-state index contributed by atoms with van der Waals surface area (Å²) in [5.74, 6) is -1.29. The number of hydrogen-bond donors (Lipinski definition) is 2. The second kappa shape index (κ2) is 5.83. The Kier molecular flexibility index (Phi) is 4.32. The Hall–Kier alpha value is -1.56. The molecule has 3 atom stereocenters. The normalized spacial score (nSPS) is 21.9. The molecule has 0 unspecified atom stereocenters. The number of hydrogen-bond acceptors (Lipinski definition) is 3. The molecular formula is C14H16BrNO4. The monoisotopic (exact) mass is 341 g/mol. The summed E-state index contributed by atoms with van der Waals surface area (Å²) in [5, 5.41) is 11.7. The lowest BCUT2D eigenvalue weighted by Gasteiger charge is -2.15. The fourth-order valence-electron chi connectivity index (χ4n) is 2.11. The van der Waals surface area contributed by atoms with Crippen LogP contribution in [0.2, 0.25) is 0 Å². The third-order valence-electron chi connectivity index (χ3n) is 3.48. The van der Waals surface area contributed by atoms with Crippen LogP contribution in [0.1, 0.15) is 24.9 Å². The first-order valence-electron chi connectivity index (χ1n) is 6.30. The second-order valence-electron chi connectivity index (χ2n) is 4.91. The zero-order valence-corrected chi connectivity index (χ0v) is 12.8. The van der Waals surface area contributed by atoms with Crippen LogP contribution >= 0.6 is 15.9 Å². The van der Waals surface area contributed by atoms with Crippen LogP contribution < -0.4 is 10.1 Å². The van der Waals surface area contributed by atoms with Gasteiger partial charge in [0, 0.05) is 0 Å². The Morgan fingerprint density at radius 1 is 1.45 bits per heavy atom. The first kappa shape index (κ1) is 14.8. The number of carboxylic acids is 1. The van der Waals surface area contributed by atoms with E-state index in [2.05, 4.69) is 21.2 Å². The third kappa shape index (κ3) is 3.12. The molecular weight excluding hydrogens is 326 g/mol. The van der Waals surface area contributed by atoms with E-state index in [9.17, 15) is 9.59 Å². The Balaban J connectivity index is 1.98. The molecule has 2 N–H and O–H groups in total. The first-order valence-corrected chi connectivity index (χ1v) is 7.10. The van der Waals surface area contributed by atoms with Crippen molar-refractivity contribution in [1.29, 1.82) is 0 Å². The Morgan fingerprint density at radius 3 is 2.65 bits per heavy atom. The van der Waals surface area contributed by atoms with E-state index in [0.29, 0.717) is 6.42 Å². The van der Waals surface area contributed by atoms with Crippen molar-refractivity contribution in [3.05, 3.63) is 28.2 Å². The number of methoxy groups -OCH3 is 1. The Bertz CT molecular complexity index is 546. The predicted octanol–water partition coefficient (Wildman–Crippen LogP) is 2.36. The molecule has 5 nitrogen and oxygen atoms in total. The molecule has 0 aromatic heterocycles. The molecule has 0 aliphatic heterocycles. The van der Waals surface area contributed by atoms with Gasteiger partial charge in [-0.05, 0) is 47.0 Å². The minimum absolute atomic E-state index is 0.181. The summed E-state index contributed by atoms with van der Waals surface area (Å²) in [6.07, 6.45) is 0.431. The summed E-state index contributed by atoms with van der Waals surface area (Å²) in [6, 6.07) is 5.39. The van der Waals surface area contributed by atoms with Crippen molar-refractivity contribution < 1.29 is 19.4 Å². The summed E-state index contributed by atoms with van der Waals surface area (Å²) < 4.78 is 5.96. The molecule has 2 rings (SSSR count). The molecule has 108 valence electrons. The van der Waals surface area contributed by atoms with E-state index >= 15 is 0 Å². The zero-order valence-electron chi connectivity index (χ0n) is 11.2. The molecule has 6 heteroatoms. The van der Waals surface area contributed by atoms with E-state index in [4.69, 9.17) is 9.84 Å². The summed E-state index contributed by atoms with van der Waals surface area (Å²) in [6.45, 7) is 1.87. The number of nitrogens with one attached hydrogen (secondary N) is 1. The van der Waals surface area contributed by atoms with Gasteiger partial charge < -0.3 is 15.2 Å². The topological polar surface area (TPSA) is 75.6 Å². The van der Waals surface area contributed by atoms with E-state index in [1.165, 1.54) is 0 Å². The molecule has 0 heterocycles. The molecule has 0 saturated heterocycles. The summed E-state index contributed by atoms with van der Waals surface area (Å²) in [4.78, 5) is 22.6. The molecule has 1 saturated carbocycles. The second-order valence-corrected chi connectivity index (χ2v) is 5.77. The van der Waals surface area contributed by atoms with Crippen molar-refractivity contribution >= 4 is 27.8 Å². The lowest BCUT2D eigenvalue weighted by Crippen LogP contribution is -2.29. The predicted molar refractivity (Wildman–Crippen MR) is 76.5 cm³/mol. The maximum Gasteiger partial charge on any atom is 0.307 e.